The van der Waals surface area contributed by atoms with Gasteiger partial charge in [0.2, 0.25) is 5.78 Å². The maximum absolute atomic E-state index is 12.3. The van der Waals surface area contributed by atoms with Crippen molar-refractivity contribution in [2.75, 3.05) is 0 Å². The summed E-state index contributed by atoms with van der Waals surface area (Å²) in [5.74, 6) is -0.247. The Hall–Kier alpha value is -0.670. The standard InChI is InChI=1S/C12H6Cl4O2/c1-5-2-3-18-12(5)11(17)8-6(13)4-7(14)9(15)10(8)16/h2-4H,1H3. The van der Waals surface area contributed by atoms with E-state index in [1.807, 2.05) is 0 Å². The van der Waals surface area contributed by atoms with Crippen molar-refractivity contribution in [2.24, 2.45) is 0 Å². The average Bonchev–Trinajstić information content (AvgIpc) is 2.72. The van der Waals surface area contributed by atoms with Gasteiger partial charge in [0.15, 0.2) is 5.76 Å². The van der Waals surface area contributed by atoms with Crippen LogP contribution in [0.15, 0.2) is 22.8 Å². The average molecular weight is 324 g/mol. The van der Waals surface area contributed by atoms with Gasteiger partial charge in [0.25, 0.3) is 0 Å². The molecule has 18 heavy (non-hydrogen) atoms. The Labute approximate surface area is 123 Å². The molecule has 1 heterocycles. The largest absolute Gasteiger partial charge is 0.461 e. The molecule has 0 aliphatic rings. The van der Waals surface area contributed by atoms with Crippen LogP contribution >= 0.6 is 46.4 Å². The van der Waals surface area contributed by atoms with Gasteiger partial charge in [-0.1, -0.05) is 46.4 Å². The van der Waals surface area contributed by atoms with Crippen LogP contribution in [0.3, 0.4) is 0 Å². The highest BCUT2D eigenvalue weighted by atomic mass is 35.5. The van der Waals surface area contributed by atoms with Gasteiger partial charge >= 0.3 is 0 Å². The number of furan rings is 1. The first-order chi connectivity index (χ1) is 8.43. The highest BCUT2D eigenvalue weighted by Gasteiger charge is 2.24. The fourth-order valence-electron chi connectivity index (χ4n) is 1.49. The summed E-state index contributed by atoms with van der Waals surface area (Å²) in [6, 6.07) is 3.05. The van der Waals surface area contributed by atoms with E-state index in [1.54, 1.807) is 13.0 Å². The van der Waals surface area contributed by atoms with Crippen molar-refractivity contribution >= 4 is 52.2 Å². The van der Waals surface area contributed by atoms with Crippen molar-refractivity contribution in [1.29, 1.82) is 0 Å². The molecule has 0 atom stereocenters. The van der Waals surface area contributed by atoms with Crippen molar-refractivity contribution in [3.05, 3.63) is 55.4 Å². The van der Waals surface area contributed by atoms with E-state index in [0.29, 0.717) is 5.56 Å². The number of benzene rings is 1. The maximum Gasteiger partial charge on any atom is 0.231 e. The molecule has 1 aromatic heterocycles. The molecule has 0 saturated heterocycles. The number of aryl methyl sites for hydroxylation is 1. The minimum Gasteiger partial charge on any atom is -0.461 e. The zero-order valence-electron chi connectivity index (χ0n) is 9.06. The molecule has 2 aromatic rings. The lowest BCUT2D eigenvalue weighted by atomic mass is 10.1. The Morgan fingerprint density at radius 3 is 2.33 bits per heavy atom. The molecule has 2 nitrogen and oxygen atoms in total. The Kier molecular flexibility index (Phi) is 3.93. The monoisotopic (exact) mass is 322 g/mol. The molecule has 1 aromatic carbocycles. The van der Waals surface area contributed by atoms with Gasteiger partial charge in [-0.15, -0.1) is 0 Å². The van der Waals surface area contributed by atoms with Gasteiger partial charge < -0.3 is 4.42 Å². The van der Waals surface area contributed by atoms with Crippen LogP contribution < -0.4 is 0 Å². The number of hydrogen-bond donors (Lipinski definition) is 0. The van der Waals surface area contributed by atoms with Crippen LogP contribution in [0.25, 0.3) is 0 Å². The Bertz CT molecular complexity index is 631. The first-order valence-corrected chi connectivity index (χ1v) is 6.36. The van der Waals surface area contributed by atoms with Crippen LogP contribution in [-0.2, 0) is 0 Å². The third-order valence-corrected chi connectivity index (χ3v) is 3.97. The molecular formula is C12H6Cl4O2. The van der Waals surface area contributed by atoms with Gasteiger partial charge in [-0.05, 0) is 24.6 Å². The van der Waals surface area contributed by atoms with Crippen molar-refractivity contribution < 1.29 is 9.21 Å². The van der Waals surface area contributed by atoms with E-state index in [1.165, 1.54) is 12.3 Å². The van der Waals surface area contributed by atoms with Crippen LogP contribution in [0.1, 0.15) is 21.7 Å². The molecule has 2 rings (SSSR count). The first kappa shape index (κ1) is 13.8. The van der Waals surface area contributed by atoms with Gasteiger partial charge in [-0.25, -0.2) is 0 Å². The Balaban J connectivity index is 2.63. The third kappa shape index (κ3) is 2.26. The Morgan fingerprint density at radius 2 is 1.78 bits per heavy atom. The predicted octanol–water partition coefficient (Wildman–Crippen LogP) is 5.43. The summed E-state index contributed by atoms with van der Waals surface area (Å²) in [5, 5.41) is 0.444. The molecule has 0 radical (unpaired) electrons. The van der Waals surface area contributed by atoms with E-state index < -0.39 is 5.78 Å². The number of hydrogen-bond acceptors (Lipinski definition) is 2. The maximum atomic E-state index is 12.3. The lowest BCUT2D eigenvalue weighted by Crippen LogP contribution is -2.04. The molecular weight excluding hydrogens is 318 g/mol. The molecule has 0 spiro atoms. The minimum atomic E-state index is -0.425. The van der Waals surface area contributed by atoms with Crippen molar-refractivity contribution in [3.63, 3.8) is 0 Å². The van der Waals surface area contributed by atoms with Crippen LogP contribution in [0.2, 0.25) is 20.1 Å². The lowest BCUT2D eigenvalue weighted by molar-refractivity contribution is 0.101. The molecule has 0 saturated carbocycles. The van der Waals surface area contributed by atoms with Crippen molar-refractivity contribution in [3.8, 4) is 0 Å². The SMILES string of the molecule is Cc1ccoc1C(=O)c1c(Cl)cc(Cl)c(Cl)c1Cl. The van der Waals surface area contributed by atoms with E-state index >= 15 is 0 Å². The molecule has 0 bridgehead atoms. The Morgan fingerprint density at radius 1 is 1.11 bits per heavy atom. The van der Waals surface area contributed by atoms with Crippen molar-refractivity contribution in [2.45, 2.75) is 6.92 Å². The minimum absolute atomic E-state index is 0.0231. The smallest absolute Gasteiger partial charge is 0.231 e. The summed E-state index contributed by atoms with van der Waals surface area (Å²) in [6.45, 7) is 1.75. The highest BCUT2D eigenvalue weighted by molar-refractivity contribution is 6.51. The third-order valence-electron chi connectivity index (χ3n) is 2.41. The quantitative estimate of drug-likeness (QED) is 0.419. The molecule has 0 N–H and O–H groups in total. The van der Waals surface area contributed by atoms with E-state index in [9.17, 15) is 4.79 Å². The van der Waals surface area contributed by atoms with E-state index in [0.717, 1.165) is 0 Å². The zero-order valence-corrected chi connectivity index (χ0v) is 12.1. The van der Waals surface area contributed by atoms with E-state index in [4.69, 9.17) is 50.8 Å². The number of rotatable bonds is 2. The zero-order chi connectivity index (χ0) is 13.4. The summed E-state index contributed by atoms with van der Waals surface area (Å²) in [4.78, 5) is 12.3. The van der Waals surface area contributed by atoms with Crippen LogP contribution in [-0.4, -0.2) is 5.78 Å². The number of carbonyl (C=O) groups excluding carboxylic acids is 1. The fourth-order valence-corrected chi connectivity index (χ4v) is 2.58. The van der Waals surface area contributed by atoms with Gasteiger partial charge in [-0.2, -0.15) is 0 Å². The molecule has 94 valence electrons. The predicted molar refractivity (Wildman–Crippen MR) is 73.4 cm³/mol. The molecule has 6 heteroatoms. The molecule has 0 aliphatic carbocycles. The van der Waals surface area contributed by atoms with Gasteiger partial charge in [0.1, 0.15) is 0 Å². The van der Waals surface area contributed by atoms with Crippen LogP contribution in [0.5, 0.6) is 0 Å². The summed E-state index contributed by atoms with van der Waals surface area (Å²) in [5.41, 5.74) is 0.781. The second-order valence-electron chi connectivity index (χ2n) is 3.61. The lowest BCUT2D eigenvalue weighted by Gasteiger charge is -2.08. The van der Waals surface area contributed by atoms with Crippen molar-refractivity contribution in [1.82, 2.24) is 0 Å². The van der Waals surface area contributed by atoms with Crippen LogP contribution in [0.4, 0.5) is 0 Å². The number of ketones is 1. The van der Waals surface area contributed by atoms with Gasteiger partial charge in [0, 0.05) is 0 Å². The second kappa shape index (κ2) is 5.14. The van der Waals surface area contributed by atoms with E-state index in [2.05, 4.69) is 0 Å². The van der Waals surface area contributed by atoms with Crippen LogP contribution in [0, 0.1) is 6.92 Å². The molecule has 0 amide bonds. The molecule has 0 fully saturated rings. The van der Waals surface area contributed by atoms with Gasteiger partial charge in [0.05, 0.1) is 31.9 Å². The second-order valence-corrected chi connectivity index (χ2v) is 5.18. The van der Waals surface area contributed by atoms with E-state index in [-0.39, 0.29) is 31.4 Å². The summed E-state index contributed by atoms with van der Waals surface area (Å²) in [7, 11) is 0. The topological polar surface area (TPSA) is 30.2 Å². The highest BCUT2D eigenvalue weighted by Crippen LogP contribution is 2.38. The summed E-state index contributed by atoms with van der Waals surface area (Å²) < 4.78 is 5.12. The van der Waals surface area contributed by atoms with Gasteiger partial charge in [-0.3, -0.25) is 4.79 Å². The number of halogens is 4. The number of carbonyl (C=O) groups is 1. The summed E-state index contributed by atoms with van der Waals surface area (Å²) >= 11 is 23.7. The first-order valence-electron chi connectivity index (χ1n) is 4.85. The fraction of sp³-hybridized carbons (Fsp3) is 0.0833. The molecule has 0 unspecified atom stereocenters. The normalized spacial score (nSPS) is 10.7. The molecule has 0 aliphatic heterocycles. The summed E-state index contributed by atoms with van der Waals surface area (Å²) in [6.07, 6.45) is 1.42.